The van der Waals surface area contributed by atoms with Gasteiger partial charge in [0.05, 0.1) is 5.75 Å². The third-order valence-electron chi connectivity index (χ3n) is 3.49. The highest BCUT2D eigenvalue weighted by molar-refractivity contribution is 7.99. The van der Waals surface area contributed by atoms with Gasteiger partial charge in [-0.25, -0.2) is 0 Å². The Morgan fingerprint density at radius 1 is 1.32 bits per heavy atom. The Bertz CT molecular complexity index is 640. The van der Waals surface area contributed by atoms with Gasteiger partial charge in [0.25, 0.3) is 0 Å². The molecule has 0 N–H and O–H groups in total. The second kappa shape index (κ2) is 8.10. The zero-order chi connectivity index (χ0) is 15.9. The molecule has 6 heteroatoms. The van der Waals surface area contributed by atoms with Crippen LogP contribution in [0.3, 0.4) is 0 Å². The van der Waals surface area contributed by atoms with Crippen molar-refractivity contribution in [2.24, 2.45) is 0 Å². The van der Waals surface area contributed by atoms with E-state index in [-0.39, 0.29) is 5.78 Å². The molecule has 5 nitrogen and oxygen atoms in total. The van der Waals surface area contributed by atoms with E-state index in [0.29, 0.717) is 12.4 Å². The van der Waals surface area contributed by atoms with E-state index >= 15 is 0 Å². The van der Waals surface area contributed by atoms with E-state index in [1.54, 1.807) is 13.4 Å². The molecule has 0 unspecified atom stereocenters. The molecule has 0 saturated heterocycles. The summed E-state index contributed by atoms with van der Waals surface area (Å²) < 4.78 is 7.00. The van der Waals surface area contributed by atoms with E-state index in [2.05, 4.69) is 10.2 Å². The van der Waals surface area contributed by atoms with Gasteiger partial charge in [0.2, 0.25) is 0 Å². The van der Waals surface area contributed by atoms with Crippen LogP contribution in [0.4, 0.5) is 0 Å². The number of ether oxygens (including phenoxy) is 1. The highest BCUT2D eigenvalue weighted by Crippen LogP contribution is 2.18. The van der Waals surface area contributed by atoms with E-state index in [0.717, 1.165) is 29.2 Å². The van der Waals surface area contributed by atoms with Crippen molar-refractivity contribution in [2.45, 2.75) is 32.0 Å². The standard InChI is InChI=1S/C16H21N3O2S/c1-12-5-6-14(9-13(12)2)15(20)10-22-16-18-17-11-19(16)7-4-8-21-3/h5-6,9,11H,4,7-8,10H2,1-3H3. The molecule has 1 heterocycles. The number of rotatable bonds is 8. The number of aromatic nitrogens is 3. The molecule has 0 radical (unpaired) electrons. The third kappa shape index (κ3) is 4.42. The lowest BCUT2D eigenvalue weighted by Crippen LogP contribution is -2.06. The smallest absolute Gasteiger partial charge is 0.191 e. The van der Waals surface area contributed by atoms with Crippen LogP contribution in [0.5, 0.6) is 0 Å². The summed E-state index contributed by atoms with van der Waals surface area (Å²) in [5.41, 5.74) is 3.08. The number of carbonyl (C=O) groups is 1. The molecule has 0 aliphatic rings. The average molecular weight is 319 g/mol. The van der Waals surface area contributed by atoms with Gasteiger partial charge in [-0.15, -0.1) is 10.2 Å². The van der Waals surface area contributed by atoms with Crippen LogP contribution in [0, 0.1) is 13.8 Å². The molecule has 0 aliphatic carbocycles. The first-order valence-electron chi connectivity index (χ1n) is 7.22. The van der Waals surface area contributed by atoms with E-state index in [4.69, 9.17) is 4.74 Å². The second-order valence-corrected chi connectivity index (χ2v) is 6.11. The molecule has 2 rings (SSSR count). The fourth-order valence-corrected chi connectivity index (χ4v) is 2.85. The van der Waals surface area contributed by atoms with E-state index < -0.39 is 0 Å². The van der Waals surface area contributed by atoms with Gasteiger partial charge in [-0.05, 0) is 37.5 Å². The van der Waals surface area contributed by atoms with Gasteiger partial charge in [0.15, 0.2) is 10.9 Å². The summed E-state index contributed by atoms with van der Waals surface area (Å²) in [6.07, 6.45) is 2.59. The van der Waals surface area contributed by atoms with Crippen LogP contribution in [-0.4, -0.2) is 40.0 Å². The quantitative estimate of drug-likeness (QED) is 0.425. The van der Waals surface area contributed by atoms with Crippen molar-refractivity contribution in [1.29, 1.82) is 0 Å². The van der Waals surface area contributed by atoms with Crippen LogP contribution in [0.25, 0.3) is 0 Å². The van der Waals surface area contributed by atoms with E-state index in [1.165, 1.54) is 17.3 Å². The minimum atomic E-state index is 0.111. The second-order valence-electron chi connectivity index (χ2n) is 5.16. The van der Waals surface area contributed by atoms with Crippen molar-refractivity contribution >= 4 is 17.5 Å². The zero-order valence-electron chi connectivity index (χ0n) is 13.2. The summed E-state index contributed by atoms with van der Waals surface area (Å²) in [6.45, 7) is 5.55. The van der Waals surface area contributed by atoms with Gasteiger partial charge < -0.3 is 9.30 Å². The van der Waals surface area contributed by atoms with Gasteiger partial charge >= 0.3 is 0 Å². The van der Waals surface area contributed by atoms with Crippen LogP contribution in [0.2, 0.25) is 0 Å². The Morgan fingerprint density at radius 2 is 2.14 bits per heavy atom. The van der Waals surface area contributed by atoms with Crippen LogP contribution in [0.1, 0.15) is 27.9 Å². The number of ketones is 1. The molecular formula is C16H21N3O2S. The van der Waals surface area contributed by atoms with Gasteiger partial charge in [-0.3, -0.25) is 4.79 Å². The van der Waals surface area contributed by atoms with Crippen molar-refractivity contribution < 1.29 is 9.53 Å². The molecule has 118 valence electrons. The number of aryl methyl sites for hydroxylation is 3. The molecular weight excluding hydrogens is 298 g/mol. The minimum absolute atomic E-state index is 0.111. The third-order valence-corrected chi connectivity index (χ3v) is 4.47. The molecule has 0 amide bonds. The van der Waals surface area contributed by atoms with Crippen molar-refractivity contribution in [3.63, 3.8) is 0 Å². The molecule has 1 aromatic heterocycles. The summed E-state index contributed by atoms with van der Waals surface area (Å²) in [5, 5.41) is 8.76. The maximum Gasteiger partial charge on any atom is 0.191 e. The van der Waals surface area contributed by atoms with Crippen molar-refractivity contribution in [3.05, 3.63) is 41.2 Å². The van der Waals surface area contributed by atoms with Gasteiger partial charge in [0, 0.05) is 25.8 Å². The maximum absolute atomic E-state index is 12.3. The molecule has 2 aromatic rings. The fourth-order valence-electron chi connectivity index (χ4n) is 2.02. The Morgan fingerprint density at radius 3 is 2.86 bits per heavy atom. The van der Waals surface area contributed by atoms with Crippen molar-refractivity contribution in [2.75, 3.05) is 19.5 Å². The first-order valence-corrected chi connectivity index (χ1v) is 8.20. The lowest BCUT2D eigenvalue weighted by molar-refractivity contribution is 0.102. The lowest BCUT2D eigenvalue weighted by atomic mass is 10.0. The SMILES string of the molecule is COCCCn1cnnc1SCC(=O)c1ccc(C)c(C)c1. The van der Waals surface area contributed by atoms with Crippen LogP contribution in [-0.2, 0) is 11.3 Å². The Kier molecular flexibility index (Phi) is 6.15. The molecule has 0 saturated carbocycles. The van der Waals surface area contributed by atoms with Crippen LogP contribution in [0.15, 0.2) is 29.7 Å². The molecule has 0 spiro atoms. The minimum Gasteiger partial charge on any atom is -0.385 e. The monoisotopic (exact) mass is 319 g/mol. The van der Waals surface area contributed by atoms with Crippen LogP contribution >= 0.6 is 11.8 Å². The Labute approximate surface area is 135 Å². The molecule has 1 aromatic carbocycles. The van der Waals surface area contributed by atoms with E-state index in [1.807, 2.05) is 36.6 Å². The number of methoxy groups -OCH3 is 1. The largest absolute Gasteiger partial charge is 0.385 e. The van der Waals surface area contributed by atoms with Crippen molar-refractivity contribution in [3.8, 4) is 0 Å². The predicted molar refractivity (Wildman–Crippen MR) is 87.5 cm³/mol. The summed E-state index contributed by atoms with van der Waals surface area (Å²) in [5.74, 6) is 0.477. The number of carbonyl (C=O) groups excluding carboxylic acids is 1. The molecule has 22 heavy (non-hydrogen) atoms. The maximum atomic E-state index is 12.3. The van der Waals surface area contributed by atoms with Gasteiger partial charge in [-0.2, -0.15) is 0 Å². The van der Waals surface area contributed by atoms with Gasteiger partial charge in [-0.1, -0.05) is 23.9 Å². The number of hydrogen-bond acceptors (Lipinski definition) is 5. The fraction of sp³-hybridized carbons (Fsp3) is 0.438. The number of nitrogens with zero attached hydrogens (tertiary/aromatic N) is 3. The van der Waals surface area contributed by atoms with Crippen molar-refractivity contribution in [1.82, 2.24) is 14.8 Å². The molecule has 0 fully saturated rings. The number of benzene rings is 1. The van der Waals surface area contributed by atoms with Crippen LogP contribution < -0.4 is 0 Å². The highest BCUT2D eigenvalue weighted by atomic mass is 32.2. The molecule has 0 bridgehead atoms. The normalized spacial score (nSPS) is 10.9. The first-order chi connectivity index (χ1) is 10.6. The summed E-state index contributed by atoms with van der Waals surface area (Å²) in [4.78, 5) is 12.3. The molecule has 0 aliphatic heterocycles. The summed E-state index contributed by atoms with van der Waals surface area (Å²) >= 11 is 1.42. The molecule has 0 atom stereocenters. The first kappa shape index (κ1) is 16.7. The summed E-state index contributed by atoms with van der Waals surface area (Å²) in [6, 6.07) is 5.82. The topological polar surface area (TPSA) is 57.0 Å². The predicted octanol–water partition coefficient (Wildman–Crippen LogP) is 2.91. The summed E-state index contributed by atoms with van der Waals surface area (Å²) in [7, 11) is 1.68. The Hall–Kier alpha value is -1.66. The average Bonchev–Trinajstić information content (AvgIpc) is 2.95. The zero-order valence-corrected chi connectivity index (χ0v) is 14.0. The number of hydrogen-bond donors (Lipinski definition) is 0. The lowest BCUT2D eigenvalue weighted by Gasteiger charge is -2.06. The Balaban J connectivity index is 1.93. The number of thioether (sulfide) groups is 1. The van der Waals surface area contributed by atoms with Gasteiger partial charge in [0.1, 0.15) is 6.33 Å². The highest BCUT2D eigenvalue weighted by Gasteiger charge is 2.11. The number of Topliss-reactive ketones (excluding diaryl/α,β-unsaturated/α-hetero) is 1. The van der Waals surface area contributed by atoms with E-state index in [9.17, 15) is 4.79 Å².